The molecule has 0 aliphatic heterocycles. The van der Waals surface area contributed by atoms with Gasteiger partial charge in [-0.15, -0.1) is 0 Å². The highest BCUT2D eigenvalue weighted by Gasteiger charge is 2.16. The van der Waals surface area contributed by atoms with E-state index in [0.29, 0.717) is 12.0 Å². The molecule has 3 amide bonds. The fourth-order valence-corrected chi connectivity index (χ4v) is 1.97. The third-order valence-corrected chi connectivity index (χ3v) is 3.14. The van der Waals surface area contributed by atoms with E-state index < -0.39 is 17.6 Å². The van der Waals surface area contributed by atoms with Crippen LogP contribution in [0.2, 0.25) is 0 Å². The molecule has 144 valence electrons. The summed E-state index contributed by atoms with van der Waals surface area (Å²) in [7, 11) is 0. The number of rotatable bonds is 8. The first kappa shape index (κ1) is 21.4. The van der Waals surface area contributed by atoms with Crippen molar-refractivity contribution in [1.82, 2.24) is 16.0 Å². The smallest absolute Gasteiger partial charge is 0.408 e. The van der Waals surface area contributed by atoms with Crippen molar-refractivity contribution in [3.05, 3.63) is 35.6 Å². The zero-order valence-electron chi connectivity index (χ0n) is 15.4. The first-order valence-corrected chi connectivity index (χ1v) is 8.41. The second-order valence-electron chi connectivity index (χ2n) is 6.65. The molecule has 3 N–H and O–H groups in total. The van der Waals surface area contributed by atoms with Crippen molar-refractivity contribution in [3.63, 3.8) is 0 Å². The number of ether oxygens (including phenoxy) is 1. The van der Waals surface area contributed by atoms with E-state index in [1.165, 1.54) is 6.07 Å². The topological polar surface area (TPSA) is 96.5 Å². The van der Waals surface area contributed by atoms with Gasteiger partial charge in [-0.2, -0.15) is 0 Å². The highest BCUT2D eigenvalue weighted by molar-refractivity contribution is 5.82. The van der Waals surface area contributed by atoms with E-state index >= 15 is 0 Å². The Morgan fingerprint density at radius 3 is 2.23 bits per heavy atom. The van der Waals surface area contributed by atoms with E-state index in [9.17, 15) is 18.8 Å². The Labute approximate surface area is 152 Å². The Morgan fingerprint density at radius 2 is 1.62 bits per heavy atom. The largest absolute Gasteiger partial charge is 0.444 e. The van der Waals surface area contributed by atoms with E-state index in [2.05, 4.69) is 16.0 Å². The lowest BCUT2D eigenvalue weighted by Crippen LogP contribution is -2.42. The van der Waals surface area contributed by atoms with Gasteiger partial charge in [-0.25, -0.2) is 9.18 Å². The maximum absolute atomic E-state index is 13.4. The van der Waals surface area contributed by atoms with Gasteiger partial charge in [0, 0.05) is 19.5 Å². The fraction of sp³-hybridized carbons (Fsp3) is 0.500. The quantitative estimate of drug-likeness (QED) is 0.607. The summed E-state index contributed by atoms with van der Waals surface area (Å²) in [5, 5.41) is 7.53. The average Bonchev–Trinajstić information content (AvgIpc) is 2.54. The molecule has 1 aromatic carbocycles. The zero-order valence-corrected chi connectivity index (χ0v) is 15.4. The van der Waals surface area contributed by atoms with Crippen LogP contribution in [0.15, 0.2) is 24.3 Å². The predicted molar refractivity (Wildman–Crippen MR) is 95.0 cm³/mol. The van der Waals surface area contributed by atoms with Crippen LogP contribution in [0.1, 0.15) is 32.8 Å². The van der Waals surface area contributed by atoms with Crippen molar-refractivity contribution < 1.29 is 23.5 Å². The molecule has 1 rings (SSSR count). The molecule has 0 fully saturated rings. The van der Waals surface area contributed by atoms with E-state index in [-0.39, 0.29) is 37.8 Å². The molecule has 0 saturated heterocycles. The van der Waals surface area contributed by atoms with Crippen molar-refractivity contribution in [2.45, 2.75) is 39.2 Å². The van der Waals surface area contributed by atoms with E-state index in [1.54, 1.807) is 39.0 Å². The number of hydrogen-bond acceptors (Lipinski definition) is 4. The summed E-state index contributed by atoms with van der Waals surface area (Å²) in [5.74, 6) is -0.948. The first-order valence-electron chi connectivity index (χ1n) is 8.41. The van der Waals surface area contributed by atoms with Crippen LogP contribution in [-0.2, 0) is 20.7 Å². The van der Waals surface area contributed by atoms with Gasteiger partial charge in [0.25, 0.3) is 0 Å². The maximum atomic E-state index is 13.4. The summed E-state index contributed by atoms with van der Waals surface area (Å²) in [6, 6.07) is 6.31. The van der Waals surface area contributed by atoms with E-state index in [0.717, 1.165) is 0 Å². The summed E-state index contributed by atoms with van der Waals surface area (Å²) >= 11 is 0. The van der Waals surface area contributed by atoms with Gasteiger partial charge in [0.2, 0.25) is 11.8 Å². The minimum absolute atomic E-state index is 0.162. The maximum Gasteiger partial charge on any atom is 0.408 e. The van der Waals surface area contributed by atoms with Crippen LogP contribution in [-0.4, -0.2) is 43.1 Å². The van der Waals surface area contributed by atoms with Gasteiger partial charge in [0.15, 0.2) is 0 Å². The van der Waals surface area contributed by atoms with Crippen molar-refractivity contribution in [3.8, 4) is 0 Å². The molecule has 0 aliphatic rings. The van der Waals surface area contributed by atoms with Crippen molar-refractivity contribution in [2.24, 2.45) is 0 Å². The van der Waals surface area contributed by atoms with Gasteiger partial charge >= 0.3 is 6.09 Å². The molecule has 0 heterocycles. The van der Waals surface area contributed by atoms with Gasteiger partial charge < -0.3 is 20.7 Å². The minimum atomic E-state index is -0.672. The van der Waals surface area contributed by atoms with Crippen LogP contribution in [0.4, 0.5) is 9.18 Å². The fourth-order valence-electron chi connectivity index (χ4n) is 1.97. The lowest BCUT2D eigenvalue weighted by Gasteiger charge is -2.19. The molecule has 0 atom stereocenters. The molecule has 1 aromatic rings. The minimum Gasteiger partial charge on any atom is -0.444 e. The van der Waals surface area contributed by atoms with Gasteiger partial charge in [0.1, 0.15) is 11.4 Å². The van der Waals surface area contributed by atoms with E-state index in [1.807, 2.05) is 0 Å². The summed E-state index contributed by atoms with van der Waals surface area (Å²) in [6.45, 7) is 5.43. The van der Waals surface area contributed by atoms with Crippen LogP contribution >= 0.6 is 0 Å². The van der Waals surface area contributed by atoms with Gasteiger partial charge in [-0.3, -0.25) is 9.59 Å². The van der Waals surface area contributed by atoms with E-state index in [4.69, 9.17) is 4.74 Å². The van der Waals surface area contributed by atoms with Gasteiger partial charge in [-0.1, -0.05) is 18.2 Å². The van der Waals surface area contributed by atoms with Crippen LogP contribution in [0.5, 0.6) is 0 Å². The second-order valence-corrected chi connectivity index (χ2v) is 6.65. The van der Waals surface area contributed by atoms with Crippen LogP contribution in [0.25, 0.3) is 0 Å². The standard InChI is InChI=1S/C18H26FN3O4/c1-18(2,3)26-17(25)22-12-16(24)21-11-10-20-15(23)9-8-13-6-4-5-7-14(13)19/h4-7H,8-12H2,1-3H3,(H,20,23)(H,21,24)(H,22,25). The van der Waals surface area contributed by atoms with Crippen molar-refractivity contribution >= 4 is 17.9 Å². The molecule has 0 aliphatic carbocycles. The molecule has 0 saturated carbocycles. The molecule has 0 bridgehead atoms. The monoisotopic (exact) mass is 367 g/mol. The van der Waals surface area contributed by atoms with Crippen LogP contribution < -0.4 is 16.0 Å². The van der Waals surface area contributed by atoms with Crippen molar-refractivity contribution in [1.29, 1.82) is 0 Å². The second kappa shape index (κ2) is 10.4. The SMILES string of the molecule is CC(C)(C)OC(=O)NCC(=O)NCCNC(=O)CCc1ccccc1F. The highest BCUT2D eigenvalue weighted by Crippen LogP contribution is 2.08. The first-order chi connectivity index (χ1) is 12.2. The number of carbonyl (C=O) groups excluding carboxylic acids is 3. The van der Waals surface area contributed by atoms with Crippen LogP contribution in [0, 0.1) is 5.82 Å². The molecule has 7 nitrogen and oxygen atoms in total. The highest BCUT2D eigenvalue weighted by atomic mass is 19.1. The Morgan fingerprint density at radius 1 is 1.00 bits per heavy atom. The lowest BCUT2D eigenvalue weighted by atomic mass is 10.1. The van der Waals surface area contributed by atoms with Gasteiger partial charge in [-0.05, 0) is 38.8 Å². The normalized spacial score (nSPS) is 10.8. The number of hydrogen-bond donors (Lipinski definition) is 3. The molecule has 0 spiro atoms. The Bertz CT molecular complexity index is 629. The number of nitrogens with one attached hydrogen (secondary N) is 3. The Hall–Kier alpha value is -2.64. The number of aryl methyl sites for hydroxylation is 1. The number of halogens is 1. The number of alkyl carbamates (subject to hydrolysis) is 1. The molecule has 0 radical (unpaired) electrons. The molecular weight excluding hydrogens is 341 g/mol. The number of benzene rings is 1. The number of amides is 3. The summed E-state index contributed by atoms with van der Waals surface area (Å²) in [4.78, 5) is 34.7. The lowest BCUT2D eigenvalue weighted by molar-refractivity contribution is -0.122. The van der Waals surface area contributed by atoms with Gasteiger partial charge in [0.05, 0.1) is 6.54 Å². The molecule has 26 heavy (non-hydrogen) atoms. The molecular formula is C18H26FN3O4. The van der Waals surface area contributed by atoms with Crippen LogP contribution in [0.3, 0.4) is 0 Å². The summed E-state index contributed by atoms with van der Waals surface area (Å²) in [6.07, 6.45) is -0.200. The molecule has 8 heteroatoms. The predicted octanol–water partition coefficient (Wildman–Crippen LogP) is 1.52. The molecule has 0 aromatic heterocycles. The summed E-state index contributed by atoms with van der Waals surface area (Å²) in [5.41, 5.74) is -0.141. The Kier molecular flexibility index (Phi) is 8.54. The van der Waals surface area contributed by atoms with Crippen molar-refractivity contribution in [2.75, 3.05) is 19.6 Å². The summed E-state index contributed by atoms with van der Waals surface area (Å²) < 4.78 is 18.4. The number of carbonyl (C=O) groups is 3. The Balaban J connectivity index is 2.12. The third kappa shape index (κ3) is 9.61. The zero-order chi connectivity index (χ0) is 19.6. The molecule has 0 unspecified atom stereocenters. The average molecular weight is 367 g/mol. The third-order valence-electron chi connectivity index (χ3n) is 3.14.